The lowest BCUT2D eigenvalue weighted by Gasteiger charge is -2.20. The summed E-state index contributed by atoms with van der Waals surface area (Å²) in [5.74, 6) is 1.22. The Hall–Kier alpha value is -3.85. The fourth-order valence-electron chi connectivity index (χ4n) is 3.58. The molecule has 0 aliphatic carbocycles. The molecular weight excluding hydrogens is 442 g/mol. The van der Waals surface area contributed by atoms with E-state index in [2.05, 4.69) is 0 Å². The van der Waals surface area contributed by atoms with Crippen LogP contribution in [-0.4, -0.2) is 49.2 Å². The van der Waals surface area contributed by atoms with Crippen molar-refractivity contribution in [1.82, 2.24) is 4.90 Å². The second kappa shape index (κ2) is 9.33. The summed E-state index contributed by atoms with van der Waals surface area (Å²) in [7, 11) is 3.47. The second-order valence-corrected chi connectivity index (χ2v) is 7.67. The zero-order valence-electron chi connectivity index (χ0n) is 18.5. The van der Waals surface area contributed by atoms with Crippen LogP contribution in [0.5, 0.6) is 11.5 Å². The highest BCUT2D eigenvalue weighted by atomic mass is 32.1. The number of ether oxygens (including phenoxy) is 3. The minimum Gasteiger partial charge on any atom is -0.497 e. The predicted octanol–water partition coefficient (Wildman–Crippen LogP) is 3.45. The quantitative estimate of drug-likeness (QED) is 0.365. The van der Waals surface area contributed by atoms with Gasteiger partial charge in [-0.2, -0.15) is 0 Å². The number of amides is 1. The molecule has 0 unspecified atom stereocenters. The van der Waals surface area contributed by atoms with Gasteiger partial charge in [0.1, 0.15) is 18.1 Å². The predicted molar refractivity (Wildman–Crippen MR) is 128 cm³/mol. The van der Waals surface area contributed by atoms with Crippen molar-refractivity contribution in [2.75, 3.05) is 37.1 Å². The molecule has 9 heteroatoms. The number of carbonyl (C=O) groups excluding carboxylic acids is 2. The van der Waals surface area contributed by atoms with Gasteiger partial charge in [0.05, 0.1) is 25.0 Å². The number of fused-ring (bicyclic) bond motifs is 1. The summed E-state index contributed by atoms with van der Waals surface area (Å²) >= 11 is 5.61. The molecule has 2 aromatic rings. The van der Waals surface area contributed by atoms with Crippen molar-refractivity contribution in [3.63, 3.8) is 0 Å². The number of thiocarbonyl (C=S) groups is 1. The van der Waals surface area contributed by atoms with Gasteiger partial charge in [0.15, 0.2) is 16.7 Å². The van der Waals surface area contributed by atoms with E-state index in [-0.39, 0.29) is 19.1 Å². The third-order valence-electron chi connectivity index (χ3n) is 5.23. The zero-order chi connectivity index (χ0) is 23.5. The lowest BCUT2D eigenvalue weighted by molar-refractivity contribution is -0.141. The van der Waals surface area contributed by atoms with Gasteiger partial charge in [-0.05, 0) is 42.6 Å². The maximum absolute atomic E-state index is 13.3. The molecule has 33 heavy (non-hydrogen) atoms. The molecule has 0 spiro atoms. The molecule has 2 aliphatic rings. The number of carbonyl (C=O) groups is 2. The Kier molecular flexibility index (Phi) is 6.32. The van der Waals surface area contributed by atoms with Gasteiger partial charge in [-0.25, -0.2) is 0 Å². The summed E-state index contributed by atoms with van der Waals surface area (Å²) in [4.78, 5) is 29.6. The van der Waals surface area contributed by atoms with Gasteiger partial charge < -0.3 is 24.0 Å². The third kappa shape index (κ3) is 4.40. The summed E-state index contributed by atoms with van der Waals surface area (Å²) in [5, 5.41) is 0.316. The van der Waals surface area contributed by atoms with Crippen LogP contribution in [0, 0.1) is 0 Å². The number of rotatable bonds is 6. The van der Waals surface area contributed by atoms with Crippen molar-refractivity contribution in [3.05, 3.63) is 72.3 Å². The molecule has 170 valence electrons. The number of allylic oxidation sites excluding steroid dienone is 2. The average Bonchev–Trinajstić information content (AvgIpc) is 3.25. The minimum atomic E-state index is -0.395. The smallest absolute Gasteiger partial charge is 0.302 e. The van der Waals surface area contributed by atoms with Crippen LogP contribution in [0.25, 0.3) is 0 Å². The Morgan fingerprint density at radius 1 is 1.15 bits per heavy atom. The zero-order valence-corrected chi connectivity index (χ0v) is 19.3. The molecule has 2 heterocycles. The monoisotopic (exact) mass is 465 g/mol. The van der Waals surface area contributed by atoms with Gasteiger partial charge in [0, 0.05) is 26.1 Å². The molecule has 2 aromatic carbocycles. The summed E-state index contributed by atoms with van der Waals surface area (Å²) in [5.41, 5.74) is 1.90. The van der Waals surface area contributed by atoms with Crippen molar-refractivity contribution in [2.45, 2.75) is 6.92 Å². The fourth-order valence-corrected chi connectivity index (χ4v) is 3.96. The Morgan fingerprint density at radius 2 is 1.91 bits per heavy atom. The molecule has 1 amide bonds. The van der Waals surface area contributed by atoms with E-state index in [0.29, 0.717) is 33.9 Å². The van der Waals surface area contributed by atoms with Crippen molar-refractivity contribution < 1.29 is 23.8 Å². The van der Waals surface area contributed by atoms with E-state index in [1.54, 1.807) is 30.2 Å². The maximum atomic E-state index is 13.3. The Balaban J connectivity index is 1.64. The standard InChI is InChI=1S/C24H23N3O5S/c1-16(28)31-14-13-26-20(23(29)27(24(26)33)17-7-5-4-6-8-17)11-12-22-25(2)19-10-9-18(30-3)15-21(19)32-22/h4-12,15H,13-14H2,1-3H3. The van der Waals surface area contributed by atoms with E-state index < -0.39 is 5.97 Å². The van der Waals surface area contributed by atoms with Crippen LogP contribution >= 0.6 is 12.2 Å². The third-order valence-corrected chi connectivity index (χ3v) is 5.63. The van der Waals surface area contributed by atoms with Gasteiger partial charge in [0.2, 0.25) is 0 Å². The normalized spacial score (nSPS) is 17.6. The molecule has 0 N–H and O–H groups in total. The van der Waals surface area contributed by atoms with Crippen molar-refractivity contribution >= 4 is 40.6 Å². The molecule has 0 saturated carbocycles. The summed E-state index contributed by atoms with van der Waals surface area (Å²) in [6.45, 7) is 1.68. The van der Waals surface area contributed by atoms with Crippen LogP contribution < -0.4 is 19.3 Å². The van der Waals surface area contributed by atoms with E-state index in [1.165, 1.54) is 11.8 Å². The van der Waals surface area contributed by atoms with Gasteiger partial charge in [-0.1, -0.05) is 18.2 Å². The van der Waals surface area contributed by atoms with Crippen molar-refractivity contribution in [1.29, 1.82) is 0 Å². The molecule has 2 aliphatic heterocycles. The van der Waals surface area contributed by atoms with Crippen molar-refractivity contribution in [2.24, 2.45) is 0 Å². The number of hydrogen-bond acceptors (Lipinski definition) is 7. The largest absolute Gasteiger partial charge is 0.497 e. The van der Waals surface area contributed by atoms with Crippen LogP contribution in [0.15, 0.2) is 72.3 Å². The summed E-state index contributed by atoms with van der Waals surface area (Å²) < 4.78 is 16.3. The SMILES string of the molecule is COc1ccc2c(c1)OC(=CC=C1C(=O)N(c3ccccc3)C(=S)N1CCOC(C)=O)N2C. The van der Waals surface area contributed by atoms with E-state index in [1.807, 2.05) is 54.4 Å². The molecule has 0 aromatic heterocycles. The fraction of sp³-hybridized carbons (Fsp3) is 0.208. The summed E-state index contributed by atoms with van der Waals surface area (Å²) in [6, 6.07) is 14.7. The van der Waals surface area contributed by atoms with E-state index in [9.17, 15) is 9.59 Å². The van der Waals surface area contributed by atoms with Gasteiger partial charge in [-0.15, -0.1) is 0 Å². The molecule has 0 atom stereocenters. The first-order valence-corrected chi connectivity index (χ1v) is 10.7. The van der Waals surface area contributed by atoms with E-state index >= 15 is 0 Å². The number of esters is 1. The number of hydrogen-bond donors (Lipinski definition) is 0. The highest BCUT2D eigenvalue weighted by Crippen LogP contribution is 2.40. The highest BCUT2D eigenvalue weighted by molar-refractivity contribution is 7.80. The molecular formula is C24H23N3O5S. The number of anilines is 2. The molecule has 8 nitrogen and oxygen atoms in total. The van der Waals surface area contributed by atoms with E-state index in [0.717, 1.165) is 5.69 Å². The van der Waals surface area contributed by atoms with Crippen LogP contribution in [-0.2, 0) is 14.3 Å². The molecule has 0 bridgehead atoms. The van der Waals surface area contributed by atoms with Crippen LogP contribution in [0.4, 0.5) is 11.4 Å². The molecule has 0 radical (unpaired) electrons. The number of nitrogens with zero attached hydrogens (tertiary/aromatic N) is 3. The van der Waals surface area contributed by atoms with Crippen LogP contribution in [0.1, 0.15) is 6.92 Å². The molecule has 4 rings (SSSR count). The van der Waals surface area contributed by atoms with Crippen LogP contribution in [0.3, 0.4) is 0 Å². The second-order valence-electron chi connectivity index (χ2n) is 7.30. The lowest BCUT2D eigenvalue weighted by Crippen LogP contribution is -2.34. The average molecular weight is 466 g/mol. The molecule has 1 fully saturated rings. The number of para-hydroxylation sites is 1. The number of methoxy groups -OCH3 is 1. The lowest BCUT2D eigenvalue weighted by atomic mass is 10.2. The maximum Gasteiger partial charge on any atom is 0.302 e. The van der Waals surface area contributed by atoms with Gasteiger partial charge in [-0.3, -0.25) is 14.5 Å². The Bertz CT molecular complexity index is 1160. The van der Waals surface area contributed by atoms with Gasteiger partial charge in [0.25, 0.3) is 5.91 Å². The first kappa shape index (κ1) is 22.3. The van der Waals surface area contributed by atoms with E-state index in [4.69, 9.17) is 26.4 Å². The minimum absolute atomic E-state index is 0.0981. The Labute approximate surface area is 197 Å². The first-order chi connectivity index (χ1) is 15.9. The van der Waals surface area contributed by atoms with Gasteiger partial charge >= 0.3 is 5.97 Å². The highest BCUT2D eigenvalue weighted by Gasteiger charge is 2.38. The van der Waals surface area contributed by atoms with Crippen LogP contribution in [0.2, 0.25) is 0 Å². The topological polar surface area (TPSA) is 71.5 Å². The Morgan fingerprint density at radius 3 is 2.61 bits per heavy atom. The first-order valence-electron chi connectivity index (χ1n) is 10.3. The summed E-state index contributed by atoms with van der Waals surface area (Å²) in [6.07, 6.45) is 3.38. The molecule has 1 saturated heterocycles. The number of benzene rings is 2. The van der Waals surface area contributed by atoms with Crippen molar-refractivity contribution in [3.8, 4) is 11.5 Å².